The fourth-order valence-corrected chi connectivity index (χ4v) is 3.35. The molecular weight excluding hydrogens is 308 g/mol. The second-order valence-corrected chi connectivity index (χ2v) is 6.38. The number of benzene rings is 2. The molecule has 4 nitrogen and oxygen atoms in total. The van der Waals surface area contributed by atoms with Crippen LogP contribution in [0.3, 0.4) is 0 Å². The van der Waals surface area contributed by atoms with E-state index in [-0.39, 0.29) is 12.3 Å². The predicted molar refractivity (Wildman–Crippen MR) is 94.9 cm³/mol. The summed E-state index contributed by atoms with van der Waals surface area (Å²) in [6.45, 7) is 4.34. The molecule has 5 heteroatoms. The van der Waals surface area contributed by atoms with Gasteiger partial charge in [-0.05, 0) is 43.2 Å². The molecule has 1 heterocycles. The Labute approximate surface area is 139 Å². The molecule has 3 aromatic rings. The maximum Gasteiger partial charge on any atom is 0.185 e. The van der Waals surface area contributed by atoms with Gasteiger partial charge in [0.25, 0.3) is 0 Å². The summed E-state index contributed by atoms with van der Waals surface area (Å²) in [5, 5.41) is 3.89. The molecule has 0 saturated carbocycles. The summed E-state index contributed by atoms with van der Waals surface area (Å²) in [4.78, 5) is 17.0. The quantitative estimate of drug-likeness (QED) is 0.713. The highest BCUT2D eigenvalue weighted by molar-refractivity contribution is 7.22. The number of nitrogens with one attached hydrogen (secondary N) is 1. The van der Waals surface area contributed by atoms with Crippen LogP contribution in [0, 0.1) is 13.8 Å². The fraction of sp³-hybridized carbons (Fsp3) is 0.222. The maximum atomic E-state index is 12.4. The van der Waals surface area contributed by atoms with Crippen LogP contribution >= 0.6 is 11.3 Å². The maximum absolute atomic E-state index is 12.4. The van der Waals surface area contributed by atoms with Crippen molar-refractivity contribution in [1.29, 1.82) is 0 Å². The molecule has 0 radical (unpaired) electrons. The molecule has 0 aliphatic heterocycles. The van der Waals surface area contributed by atoms with Crippen molar-refractivity contribution in [3.05, 3.63) is 53.1 Å². The number of aryl methyl sites for hydroxylation is 2. The van der Waals surface area contributed by atoms with Crippen LogP contribution in [0.5, 0.6) is 5.75 Å². The van der Waals surface area contributed by atoms with Gasteiger partial charge in [-0.3, -0.25) is 4.79 Å². The molecule has 0 saturated heterocycles. The van der Waals surface area contributed by atoms with Crippen LogP contribution < -0.4 is 10.1 Å². The summed E-state index contributed by atoms with van der Waals surface area (Å²) in [6, 6.07) is 11.4. The first-order valence-electron chi connectivity index (χ1n) is 7.37. The average molecular weight is 326 g/mol. The minimum Gasteiger partial charge on any atom is -0.496 e. The normalized spacial score (nSPS) is 10.7. The van der Waals surface area contributed by atoms with Gasteiger partial charge >= 0.3 is 0 Å². The molecule has 0 aliphatic rings. The van der Waals surface area contributed by atoms with Gasteiger partial charge in [0.15, 0.2) is 10.9 Å². The molecule has 0 spiro atoms. The number of para-hydroxylation sites is 1. The Morgan fingerprint density at radius 2 is 2.00 bits per heavy atom. The van der Waals surface area contributed by atoms with E-state index in [1.807, 2.05) is 12.1 Å². The number of carbonyl (C=O) groups is 1. The number of hydrogen-bond donors (Lipinski definition) is 1. The molecule has 3 rings (SSSR count). The van der Waals surface area contributed by atoms with Gasteiger partial charge in [0.1, 0.15) is 5.75 Å². The number of fused-ring (bicyclic) bond motifs is 1. The van der Waals surface area contributed by atoms with E-state index in [4.69, 9.17) is 4.74 Å². The average Bonchev–Trinajstić information content (AvgIpc) is 3.00. The molecule has 0 fully saturated rings. The minimum atomic E-state index is -0.0189. The number of carbonyl (C=O) groups excluding carboxylic acids is 1. The molecule has 1 aromatic heterocycles. The van der Waals surface area contributed by atoms with Crippen molar-refractivity contribution in [2.75, 3.05) is 19.0 Å². The van der Waals surface area contributed by atoms with Crippen LogP contribution in [0.4, 0.5) is 5.13 Å². The fourth-order valence-electron chi connectivity index (χ4n) is 2.43. The lowest BCUT2D eigenvalue weighted by Gasteiger charge is -2.07. The van der Waals surface area contributed by atoms with Gasteiger partial charge in [-0.2, -0.15) is 0 Å². The summed E-state index contributed by atoms with van der Waals surface area (Å²) in [5.41, 5.74) is 3.99. The molecule has 0 aliphatic carbocycles. The largest absolute Gasteiger partial charge is 0.496 e. The Hall–Kier alpha value is -2.40. The van der Waals surface area contributed by atoms with E-state index >= 15 is 0 Å². The Bertz CT molecular complexity index is 871. The van der Waals surface area contributed by atoms with Crippen LogP contribution in [-0.4, -0.2) is 24.4 Å². The van der Waals surface area contributed by atoms with Crippen molar-refractivity contribution >= 4 is 32.5 Å². The van der Waals surface area contributed by atoms with Gasteiger partial charge in [0.05, 0.1) is 29.4 Å². The van der Waals surface area contributed by atoms with Gasteiger partial charge in [-0.15, -0.1) is 0 Å². The summed E-state index contributed by atoms with van der Waals surface area (Å²) in [5.74, 6) is 0.574. The van der Waals surface area contributed by atoms with Crippen LogP contribution in [0.1, 0.15) is 21.5 Å². The summed E-state index contributed by atoms with van der Waals surface area (Å²) in [6.07, 6.45) is 0. The second kappa shape index (κ2) is 6.38. The molecule has 0 bridgehead atoms. The Morgan fingerprint density at radius 1 is 1.22 bits per heavy atom. The first-order chi connectivity index (χ1) is 11.1. The van der Waals surface area contributed by atoms with E-state index in [1.165, 1.54) is 11.1 Å². The Morgan fingerprint density at radius 3 is 2.78 bits per heavy atom. The van der Waals surface area contributed by atoms with E-state index in [0.29, 0.717) is 11.3 Å². The topological polar surface area (TPSA) is 51.2 Å². The lowest BCUT2D eigenvalue weighted by Crippen LogP contribution is -2.14. The van der Waals surface area contributed by atoms with E-state index in [1.54, 1.807) is 30.6 Å². The van der Waals surface area contributed by atoms with Crippen molar-refractivity contribution in [3.8, 4) is 5.75 Å². The molecule has 2 aromatic carbocycles. The van der Waals surface area contributed by atoms with Gasteiger partial charge < -0.3 is 10.1 Å². The molecule has 0 amide bonds. The highest BCUT2D eigenvalue weighted by Gasteiger charge is 2.13. The van der Waals surface area contributed by atoms with Gasteiger partial charge in [0.2, 0.25) is 0 Å². The van der Waals surface area contributed by atoms with Crippen LogP contribution in [-0.2, 0) is 0 Å². The van der Waals surface area contributed by atoms with Crippen LogP contribution in [0.2, 0.25) is 0 Å². The van der Waals surface area contributed by atoms with E-state index in [2.05, 4.69) is 36.3 Å². The predicted octanol–water partition coefficient (Wildman–Crippen LogP) is 4.22. The Balaban J connectivity index is 1.78. The third-order valence-corrected chi connectivity index (χ3v) is 4.87. The van der Waals surface area contributed by atoms with Crippen molar-refractivity contribution in [1.82, 2.24) is 4.98 Å². The number of rotatable bonds is 5. The summed E-state index contributed by atoms with van der Waals surface area (Å²) < 4.78 is 6.36. The van der Waals surface area contributed by atoms with E-state index in [0.717, 1.165) is 15.3 Å². The summed E-state index contributed by atoms with van der Waals surface area (Å²) >= 11 is 1.56. The van der Waals surface area contributed by atoms with Crippen molar-refractivity contribution in [2.45, 2.75) is 13.8 Å². The molecule has 118 valence electrons. The van der Waals surface area contributed by atoms with Gasteiger partial charge in [-0.25, -0.2) is 4.98 Å². The molecular formula is C18H18N2O2S. The smallest absolute Gasteiger partial charge is 0.185 e. The summed E-state index contributed by atoms with van der Waals surface area (Å²) in [7, 11) is 1.57. The number of ketones is 1. The number of Topliss-reactive ketones (excluding diaryl/α,β-unsaturated/α-hetero) is 1. The number of methoxy groups -OCH3 is 1. The molecule has 0 atom stereocenters. The molecule has 1 N–H and O–H groups in total. The zero-order valence-electron chi connectivity index (χ0n) is 13.3. The van der Waals surface area contributed by atoms with Gasteiger partial charge in [0, 0.05) is 0 Å². The standard InChI is InChI=1S/C18H18N2O2S/c1-11-8-9-16-17(12(11)2)20-18(23-16)19-10-14(21)13-6-4-5-7-15(13)22-3/h4-9H,10H2,1-3H3,(H,19,20). The molecule has 0 unspecified atom stereocenters. The number of thiazole rings is 1. The zero-order valence-corrected chi connectivity index (χ0v) is 14.2. The SMILES string of the molecule is COc1ccccc1C(=O)CNc1nc2c(C)c(C)ccc2s1. The number of aromatic nitrogens is 1. The van der Waals surface area contributed by atoms with Crippen LogP contribution in [0.15, 0.2) is 36.4 Å². The van der Waals surface area contributed by atoms with Gasteiger partial charge in [-0.1, -0.05) is 29.5 Å². The van der Waals surface area contributed by atoms with Crippen molar-refractivity contribution < 1.29 is 9.53 Å². The number of anilines is 1. The minimum absolute atomic E-state index is 0.0189. The first kappa shape index (κ1) is 15.5. The van der Waals surface area contributed by atoms with Crippen molar-refractivity contribution in [3.63, 3.8) is 0 Å². The lowest BCUT2D eigenvalue weighted by molar-refractivity contribution is 0.100. The van der Waals surface area contributed by atoms with Crippen LogP contribution in [0.25, 0.3) is 10.2 Å². The highest BCUT2D eigenvalue weighted by Crippen LogP contribution is 2.29. The Kier molecular flexibility index (Phi) is 4.30. The number of nitrogens with zero attached hydrogens (tertiary/aromatic N) is 1. The second-order valence-electron chi connectivity index (χ2n) is 5.35. The molecule has 23 heavy (non-hydrogen) atoms. The van der Waals surface area contributed by atoms with E-state index < -0.39 is 0 Å². The number of hydrogen-bond acceptors (Lipinski definition) is 5. The zero-order chi connectivity index (χ0) is 16.4. The first-order valence-corrected chi connectivity index (χ1v) is 8.18. The number of ether oxygens (including phenoxy) is 1. The van der Waals surface area contributed by atoms with Crippen molar-refractivity contribution in [2.24, 2.45) is 0 Å². The third kappa shape index (κ3) is 3.05. The highest BCUT2D eigenvalue weighted by atomic mass is 32.1. The van der Waals surface area contributed by atoms with E-state index in [9.17, 15) is 4.79 Å². The lowest BCUT2D eigenvalue weighted by atomic mass is 10.1. The monoisotopic (exact) mass is 326 g/mol. The third-order valence-electron chi connectivity index (χ3n) is 3.89.